The first kappa shape index (κ1) is 15.1. The number of carbonyl (C=O) groups is 2. The van der Waals surface area contributed by atoms with Crippen LogP contribution in [0.25, 0.3) is 0 Å². The second kappa shape index (κ2) is 7.50. The molecule has 0 aliphatic rings. The average molecular weight is 266 g/mol. The topological polar surface area (TPSA) is 90.7 Å². The number of nitrogens with two attached hydrogens (primary N) is 1. The molecule has 0 aromatic heterocycles. The number of esters is 1. The predicted octanol–water partition coefficient (Wildman–Crippen LogP) is -0.00940. The molecular formula is C13H18N2O4. The van der Waals surface area contributed by atoms with E-state index in [1.165, 1.54) is 14.2 Å². The Labute approximate surface area is 111 Å². The van der Waals surface area contributed by atoms with Crippen molar-refractivity contribution < 1.29 is 19.1 Å². The standard InChI is InChI=1S/C13H18N2O4/c1-18-10(8-14)12(16)15-11(13(17)19-2)9-6-4-3-5-7-9/h3-7,10-11H,8,14H2,1-2H3,(H,15,16). The van der Waals surface area contributed by atoms with Crippen LogP contribution in [0.5, 0.6) is 0 Å². The van der Waals surface area contributed by atoms with Crippen molar-refractivity contribution in [2.75, 3.05) is 20.8 Å². The van der Waals surface area contributed by atoms with Gasteiger partial charge in [0.1, 0.15) is 6.10 Å². The molecule has 0 spiro atoms. The van der Waals surface area contributed by atoms with Crippen molar-refractivity contribution in [1.82, 2.24) is 5.32 Å². The fraction of sp³-hybridized carbons (Fsp3) is 0.385. The Morgan fingerprint density at radius 1 is 1.26 bits per heavy atom. The third-order valence-electron chi connectivity index (χ3n) is 2.65. The van der Waals surface area contributed by atoms with Crippen molar-refractivity contribution in [2.24, 2.45) is 5.73 Å². The van der Waals surface area contributed by atoms with Crippen LogP contribution in [0.2, 0.25) is 0 Å². The highest BCUT2D eigenvalue weighted by molar-refractivity contribution is 5.87. The molecule has 1 rings (SSSR count). The Kier molecular flexibility index (Phi) is 5.98. The zero-order chi connectivity index (χ0) is 14.3. The number of carbonyl (C=O) groups excluding carboxylic acids is 2. The van der Waals surface area contributed by atoms with Gasteiger partial charge in [0.2, 0.25) is 0 Å². The number of rotatable bonds is 6. The minimum atomic E-state index is -0.872. The Hall–Kier alpha value is -1.92. The zero-order valence-corrected chi connectivity index (χ0v) is 11.0. The van der Waals surface area contributed by atoms with Crippen molar-refractivity contribution in [3.05, 3.63) is 35.9 Å². The quantitative estimate of drug-likeness (QED) is 0.707. The first-order valence-corrected chi connectivity index (χ1v) is 5.80. The minimum Gasteiger partial charge on any atom is -0.467 e. The molecule has 3 N–H and O–H groups in total. The Balaban J connectivity index is 2.88. The molecule has 19 heavy (non-hydrogen) atoms. The highest BCUT2D eigenvalue weighted by Crippen LogP contribution is 2.14. The molecule has 1 aromatic carbocycles. The van der Waals surface area contributed by atoms with Gasteiger partial charge in [0.15, 0.2) is 6.04 Å². The summed E-state index contributed by atoms with van der Waals surface area (Å²) < 4.78 is 9.61. The fourth-order valence-corrected chi connectivity index (χ4v) is 1.59. The summed E-state index contributed by atoms with van der Waals surface area (Å²) in [4.78, 5) is 23.6. The van der Waals surface area contributed by atoms with Gasteiger partial charge in [-0.2, -0.15) is 0 Å². The highest BCUT2D eigenvalue weighted by Gasteiger charge is 2.26. The maximum atomic E-state index is 11.9. The number of methoxy groups -OCH3 is 2. The van der Waals surface area contributed by atoms with Crippen LogP contribution in [0.3, 0.4) is 0 Å². The molecule has 6 nitrogen and oxygen atoms in total. The van der Waals surface area contributed by atoms with Crippen LogP contribution in [0.4, 0.5) is 0 Å². The summed E-state index contributed by atoms with van der Waals surface area (Å²) in [5, 5.41) is 2.57. The van der Waals surface area contributed by atoms with Gasteiger partial charge in [-0.3, -0.25) is 4.79 Å². The molecule has 1 aromatic rings. The highest BCUT2D eigenvalue weighted by atomic mass is 16.5. The largest absolute Gasteiger partial charge is 0.467 e. The number of benzene rings is 1. The molecule has 1 amide bonds. The van der Waals surface area contributed by atoms with Gasteiger partial charge in [-0.25, -0.2) is 4.79 Å². The van der Waals surface area contributed by atoms with Crippen LogP contribution in [-0.4, -0.2) is 38.7 Å². The summed E-state index contributed by atoms with van der Waals surface area (Å²) in [7, 11) is 2.65. The van der Waals surface area contributed by atoms with E-state index in [9.17, 15) is 9.59 Å². The fourth-order valence-electron chi connectivity index (χ4n) is 1.59. The lowest BCUT2D eigenvalue weighted by Crippen LogP contribution is -2.44. The van der Waals surface area contributed by atoms with Crippen molar-refractivity contribution in [3.63, 3.8) is 0 Å². The first-order chi connectivity index (χ1) is 9.13. The van der Waals surface area contributed by atoms with Gasteiger partial charge in [0, 0.05) is 13.7 Å². The second-order valence-corrected chi connectivity index (χ2v) is 3.84. The maximum absolute atomic E-state index is 11.9. The molecular weight excluding hydrogens is 248 g/mol. The predicted molar refractivity (Wildman–Crippen MR) is 69.2 cm³/mol. The van der Waals surface area contributed by atoms with Gasteiger partial charge in [0.25, 0.3) is 5.91 Å². The Morgan fingerprint density at radius 2 is 1.89 bits per heavy atom. The average Bonchev–Trinajstić information content (AvgIpc) is 2.46. The zero-order valence-electron chi connectivity index (χ0n) is 11.0. The molecule has 0 saturated carbocycles. The summed E-state index contributed by atoms with van der Waals surface area (Å²) in [5.74, 6) is -1.00. The van der Waals surface area contributed by atoms with E-state index in [4.69, 9.17) is 10.5 Å². The van der Waals surface area contributed by atoms with Gasteiger partial charge in [0.05, 0.1) is 7.11 Å². The van der Waals surface area contributed by atoms with Crippen LogP contribution in [0, 0.1) is 0 Å². The lowest BCUT2D eigenvalue weighted by molar-refractivity contribution is -0.146. The molecule has 0 fully saturated rings. The van der Waals surface area contributed by atoms with Crippen LogP contribution in [0.1, 0.15) is 11.6 Å². The Bertz CT molecular complexity index is 418. The van der Waals surface area contributed by atoms with Crippen LogP contribution in [0.15, 0.2) is 30.3 Å². The third-order valence-corrected chi connectivity index (χ3v) is 2.65. The van der Waals surface area contributed by atoms with Gasteiger partial charge in [-0.15, -0.1) is 0 Å². The van der Waals surface area contributed by atoms with E-state index in [-0.39, 0.29) is 6.54 Å². The molecule has 0 heterocycles. The molecule has 0 saturated heterocycles. The van der Waals surface area contributed by atoms with Crippen LogP contribution >= 0.6 is 0 Å². The molecule has 2 unspecified atom stereocenters. The van der Waals surface area contributed by atoms with Crippen molar-refractivity contribution in [1.29, 1.82) is 0 Å². The van der Waals surface area contributed by atoms with E-state index in [1.807, 2.05) is 6.07 Å². The van der Waals surface area contributed by atoms with Gasteiger partial charge in [-0.05, 0) is 5.56 Å². The monoisotopic (exact) mass is 266 g/mol. The van der Waals surface area contributed by atoms with E-state index in [1.54, 1.807) is 24.3 Å². The molecule has 0 bridgehead atoms. The summed E-state index contributed by atoms with van der Waals surface area (Å²) >= 11 is 0. The SMILES string of the molecule is COC(=O)C(NC(=O)C(CN)OC)c1ccccc1. The van der Waals surface area contributed by atoms with Crippen molar-refractivity contribution in [2.45, 2.75) is 12.1 Å². The summed E-state index contributed by atoms with van der Waals surface area (Å²) in [6, 6.07) is 7.95. The molecule has 0 radical (unpaired) electrons. The number of ether oxygens (including phenoxy) is 2. The molecule has 6 heteroatoms. The van der Waals surface area contributed by atoms with Crippen LogP contribution < -0.4 is 11.1 Å². The van der Waals surface area contributed by atoms with E-state index in [2.05, 4.69) is 10.1 Å². The molecule has 0 aliphatic heterocycles. The van der Waals surface area contributed by atoms with Crippen molar-refractivity contribution in [3.8, 4) is 0 Å². The van der Waals surface area contributed by atoms with Crippen molar-refractivity contribution >= 4 is 11.9 Å². The Morgan fingerprint density at radius 3 is 2.37 bits per heavy atom. The van der Waals surface area contributed by atoms with Gasteiger partial charge in [-0.1, -0.05) is 30.3 Å². The maximum Gasteiger partial charge on any atom is 0.333 e. The van der Waals surface area contributed by atoms with E-state index < -0.39 is 24.0 Å². The lowest BCUT2D eigenvalue weighted by atomic mass is 10.1. The normalized spacial score (nSPS) is 13.4. The lowest BCUT2D eigenvalue weighted by Gasteiger charge is -2.20. The van der Waals surface area contributed by atoms with E-state index in [0.717, 1.165) is 0 Å². The van der Waals surface area contributed by atoms with Gasteiger partial charge >= 0.3 is 5.97 Å². The number of hydrogen-bond acceptors (Lipinski definition) is 5. The number of amides is 1. The first-order valence-electron chi connectivity index (χ1n) is 5.80. The molecule has 104 valence electrons. The summed E-state index contributed by atoms with van der Waals surface area (Å²) in [5.41, 5.74) is 6.04. The molecule has 0 aliphatic carbocycles. The summed E-state index contributed by atoms with van der Waals surface area (Å²) in [6.07, 6.45) is -0.795. The number of hydrogen-bond donors (Lipinski definition) is 2. The van der Waals surface area contributed by atoms with E-state index in [0.29, 0.717) is 5.56 Å². The van der Waals surface area contributed by atoms with Crippen LogP contribution in [-0.2, 0) is 19.1 Å². The minimum absolute atomic E-state index is 0.0328. The summed E-state index contributed by atoms with van der Waals surface area (Å²) in [6.45, 7) is 0.0328. The number of nitrogens with one attached hydrogen (secondary N) is 1. The third kappa shape index (κ3) is 4.04. The van der Waals surface area contributed by atoms with Gasteiger partial charge < -0.3 is 20.5 Å². The second-order valence-electron chi connectivity index (χ2n) is 3.84. The molecule has 2 atom stereocenters. The smallest absolute Gasteiger partial charge is 0.333 e. The van der Waals surface area contributed by atoms with E-state index >= 15 is 0 Å².